The second kappa shape index (κ2) is 6.35. The number of aliphatic carboxylic acids is 1. The molecule has 1 N–H and O–H groups in total. The molecular formula is C13H17NO3S. The lowest BCUT2D eigenvalue weighted by Gasteiger charge is -2.18. The summed E-state index contributed by atoms with van der Waals surface area (Å²) in [5.41, 5.74) is 0. The zero-order valence-corrected chi connectivity index (χ0v) is 11.5. The summed E-state index contributed by atoms with van der Waals surface area (Å²) < 4.78 is 0. The van der Waals surface area contributed by atoms with Crippen LogP contribution in [0, 0.1) is 5.92 Å². The molecule has 1 rings (SSSR count). The Morgan fingerprint density at radius 2 is 2.11 bits per heavy atom. The van der Waals surface area contributed by atoms with E-state index in [1.165, 1.54) is 17.4 Å². The fourth-order valence-corrected chi connectivity index (χ4v) is 2.43. The van der Waals surface area contributed by atoms with Crippen molar-refractivity contribution in [1.82, 2.24) is 4.90 Å². The summed E-state index contributed by atoms with van der Waals surface area (Å²) in [4.78, 5) is 25.5. The number of thiophene rings is 1. The van der Waals surface area contributed by atoms with Gasteiger partial charge in [0.1, 0.15) is 0 Å². The lowest BCUT2D eigenvalue weighted by molar-refractivity contribution is -0.131. The highest BCUT2D eigenvalue weighted by Gasteiger charge is 2.14. The number of carbonyl (C=O) groups excluding carboxylic acids is 1. The number of hydrogen-bond acceptors (Lipinski definition) is 3. The zero-order chi connectivity index (χ0) is 13.7. The molecule has 5 heteroatoms. The minimum absolute atomic E-state index is 0.0244. The van der Waals surface area contributed by atoms with Crippen molar-refractivity contribution in [2.45, 2.75) is 13.8 Å². The molecule has 1 amide bonds. The number of rotatable bonds is 5. The first-order chi connectivity index (χ1) is 8.40. The predicted octanol–water partition coefficient (Wildman–Crippen LogP) is 2.57. The number of amides is 1. The third kappa shape index (κ3) is 4.33. The Morgan fingerprint density at radius 3 is 2.67 bits per heavy atom. The molecule has 0 aliphatic rings. The van der Waals surface area contributed by atoms with E-state index in [9.17, 15) is 9.59 Å². The third-order valence-electron chi connectivity index (χ3n) is 2.21. The Bertz CT molecular complexity index is 463. The molecule has 0 aliphatic carbocycles. The molecular weight excluding hydrogens is 250 g/mol. The monoisotopic (exact) mass is 267 g/mol. The molecule has 0 saturated carbocycles. The predicted molar refractivity (Wildman–Crippen MR) is 72.8 cm³/mol. The largest absolute Gasteiger partial charge is 0.478 e. The van der Waals surface area contributed by atoms with Gasteiger partial charge in [-0.15, -0.1) is 11.3 Å². The van der Waals surface area contributed by atoms with Crippen LogP contribution in [0.1, 0.15) is 28.4 Å². The van der Waals surface area contributed by atoms with Crippen LogP contribution in [0.15, 0.2) is 18.2 Å². The first-order valence-corrected chi connectivity index (χ1v) is 6.48. The fourth-order valence-electron chi connectivity index (χ4n) is 1.53. The van der Waals surface area contributed by atoms with Crippen molar-refractivity contribution in [1.29, 1.82) is 0 Å². The van der Waals surface area contributed by atoms with Crippen molar-refractivity contribution in [2.75, 3.05) is 13.6 Å². The molecule has 0 spiro atoms. The van der Waals surface area contributed by atoms with Crippen molar-refractivity contribution in [3.8, 4) is 0 Å². The number of hydrogen-bond donors (Lipinski definition) is 1. The van der Waals surface area contributed by atoms with E-state index in [1.54, 1.807) is 24.1 Å². The lowest BCUT2D eigenvalue weighted by Crippen LogP contribution is -2.29. The summed E-state index contributed by atoms with van der Waals surface area (Å²) in [6.45, 7) is 4.81. The standard InChI is InChI=1S/C13H17NO3S/c1-9(2)8-14(3)13(17)11-6-4-10(18-11)5-7-12(15)16/h4-7,9H,8H2,1-3H3,(H,15,16). The first-order valence-electron chi connectivity index (χ1n) is 5.66. The summed E-state index contributed by atoms with van der Waals surface area (Å²) in [7, 11) is 1.77. The summed E-state index contributed by atoms with van der Waals surface area (Å²) in [5.74, 6) is -0.595. The van der Waals surface area contributed by atoms with Crippen molar-refractivity contribution >= 4 is 29.3 Å². The SMILES string of the molecule is CC(C)CN(C)C(=O)c1ccc(C=CC(=O)O)s1. The number of carbonyl (C=O) groups is 2. The van der Waals surface area contributed by atoms with Gasteiger partial charge >= 0.3 is 5.97 Å². The quantitative estimate of drug-likeness (QED) is 0.834. The van der Waals surface area contributed by atoms with Crippen LogP contribution in [0.5, 0.6) is 0 Å². The Morgan fingerprint density at radius 1 is 1.44 bits per heavy atom. The van der Waals surface area contributed by atoms with E-state index in [0.717, 1.165) is 11.0 Å². The number of carboxylic acid groups (broad SMARTS) is 1. The van der Waals surface area contributed by atoms with Crippen LogP contribution >= 0.6 is 11.3 Å². The van der Waals surface area contributed by atoms with Crippen molar-refractivity contribution in [2.24, 2.45) is 5.92 Å². The molecule has 0 fully saturated rings. The van der Waals surface area contributed by atoms with Crippen LogP contribution in [-0.4, -0.2) is 35.5 Å². The molecule has 1 heterocycles. The van der Waals surface area contributed by atoms with E-state index < -0.39 is 5.97 Å². The molecule has 1 aromatic rings. The smallest absolute Gasteiger partial charge is 0.328 e. The molecule has 18 heavy (non-hydrogen) atoms. The minimum Gasteiger partial charge on any atom is -0.478 e. The van der Waals surface area contributed by atoms with Crippen LogP contribution in [0.25, 0.3) is 6.08 Å². The highest BCUT2D eigenvalue weighted by atomic mass is 32.1. The Balaban J connectivity index is 2.73. The highest BCUT2D eigenvalue weighted by Crippen LogP contribution is 2.19. The highest BCUT2D eigenvalue weighted by molar-refractivity contribution is 7.14. The topological polar surface area (TPSA) is 57.6 Å². The van der Waals surface area contributed by atoms with Crippen molar-refractivity contribution in [3.05, 3.63) is 28.0 Å². The van der Waals surface area contributed by atoms with E-state index in [2.05, 4.69) is 13.8 Å². The Labute approximate surface area is 111 Å². The fraction of sp³-hybridized carbons (Fsp3) is 0.385. The van der Waals surface area contributed by atoms with E-state index in [-0.39, 0.29) is 5.91 Å². The molecule has 0 saturated heterocycles. The average Bonchev–Trinajstić information content (AvgIpc) is 2.72. The van der Waals surface area contributed by atoms with Gasteiger partial charge in [-0.3, -0.25) is 4.79 Å². The van der Waals surface area contributed by atoms with E-state index in [1.807, 2.05) is 0 Å². The van der Waals surface area contributed by atoms with E-state index >= 15 is 0 Å². The molecule has 1 aromatic heterocycles. The van der Waals surface area contributed by atoms with Gasteiger partial charge in [-0.05, 0) is 24.1 Å². The van der Waals surface area contributed by atoms with Gasteiger partial charge in [0.25, 0.3) is 5.91 Å². The summed E-state index contributed by atoms with van der Waals surface area (Å²) in [6, 6.07) is 3.48. The molecule has 98 valence electrons. The second-order valence-electron chi connectivity index (χ2n) is 4.45. The molecule has 0 aliphatic heterocycles. The summed E-state index contributed by atoms with van der Waals surface area (Å²) in [6.07, 6.45) is 2.56. The van der Waals surface area contributed by atoms with E-state index in [0.29, 0.717) is 17.3 Å². The Kier molecular flexibility index (Phi) is 5.09. The van der Waals surface area contributed by atoms with Crippen LogP contribution in [0.2, 0.25) is 0 Å². The van der Waals surface area contributed by atoms with Gasteiger partial charge < -0.3 is 10.0 Å². The molecule has 0 bridgehead atoms. The average molecular weight is 267 g/mol. The molecule has 0 aromatic carbocycles. The molecule has 0 radical (unpaired) electrons. The summed E-state index contributed by atoms with van der Waals surface area (Å²) >= 11 is 1.30. The van der Waals surface area contributed by atoms with Gasteiger partial charge in [-0.25, -0.2) is 4.79 Å². The van der Waals surface area contributed by atoms with Crippen LogP contribution in [0.4, 0.5) is 0 Å². The maximum Gasteiger partial charge on any atom is 0.328 e. The molecule has 4 nitrogen and oxygen atoms in total. The maximum atomic E-state index is 12.0. The van der Waals surface area contributed by atoms with Crippen LogP contribution < -0.4 is 0 Å². The Hall–Kier alpha value is -1.62. The van der Waals surface area contributed by atoms with Gasteiger partial charge in [-0.1, -0.05) is 13.8 Å². The normalized spacial score (nSPS) is 11.1. The van der Waals surface area contributed by atoms with Gasteiger partial charge in [-0.2, -0.15) is 0 Å². The van der Waals surface area contributed by atoms with E-state index in [4.69, 9.17) is 5.11 Å². The minimum atomic E-state index is -0.992. The van der Waals surface area contributed by atoms with Gasteiger partial charge in [0.05, 0.1) is 4.88 Å². The molecule has 0 atom stereocenters. The number of nitrogens with zero attached hydrogens (tertiary/aromatic N) is 1. The van der Waals surface area contributed by atoms with Gasteiger partial charge in [0.15, 0.2) is 0 Å². The first kappa shape index (κ1) is 14.4. The molecule has 0 unspecified atom stereocenters. The zero-order valence-electron chi connectivity index (χ0n) is 10.7. The van der Waals surface area contributed by atoms with Crippen LogP contribution in [0.3, 0.4) is 0 Å². The van der Waals surface area contributed by atoms with Crippen LogP contribution in [-0.2, 0) is 4.79 Å². The lowest BCUT2D eigenvalue weighted by atomic mass is 10.2. The van der Waals surface area contributed by atoms with Gasteiger partial charge in [0, 0.05) is 24.5 Å². The third-order valence-corrected chi connectivity index (χ3v) is 3.25. The number of carboxylic acids is 1. The van der Waals surface area contributed by atoms with Crippen molar-refractivity contribution in [3.63, 3.8) is 0 Å². The summed E-state index contributed by atoms with van der Waals surface area (Å²) in [5, 5.41) is 8.52. The second-order valence-corrected chi connectivity index (χ2v) is 5.57. The van der Waals surface area contributed by atoms with Crippen molar-refractivity contribution < 1.29 is 14.7 Å². The van der Waals surface area contributed by atoms with Gasteiger partial charge in [0.2, 0.25) is 0 Å². The maximum absolute atomic E-state index is 12.0.